The van der Waals surface area contributed by atoms with Crippen molar-refractivity contribution in [3.05, 3.63) is 0 Å². The summed E-state index contributed by atoms with van der Waals surface area (Å²) in [5, 5.41) is 8.32. The molecule has 0 N–H and O–H groups in total. The standard InChI is InChI=1S/C9H17NO/c1-8(2)5-7-11-9(3)4-6-10/h8-9H,4-5,7H2,1-3H3. The van der Waals surface area contributed by atoms with Crippen LogP contribution in [0, 0.1) is 17.2 Å². The van der Waals surface area contributed by atoms with Gasteiger partial charge in [0.2, 0.25) is 0 Å². The van der Waals surface area contributed by atoms with Gasteiger partial charge in [0.1, 0.15) is 0 Å². The van der Waals surface area contributed by atoms with Gasteiger partial charge >= 0.3 is 0 Å². The molecule has 0 spiro atoms. The lowest BCUT2D eigenvalue weighted by atomic mass is 10.1. The summed E-state index contributed by atoms with van der Waals surface area (Å²) in [5.41, 5.74) is 0. The van der Waals surface area contributed by atoms with Crippen LogP contribution < -0.4 is 0 Å². The molecule has 0 saturated carbocycles. The summed E-state index contributed by atoms with van der Waals surface area (Å²) < 4.78 is 5.37. The zero-order valence-electron chi connectivity index (χ0n) is 7.63. The molecule has 0 aromatic carbocycles. The van der Waals surface area contributed by atoms with Gasteiger partial charge in [-0.05, 0) is 19.3 Å². The largest absolute Gasteiger partial charge is 0.377 e. The molecule has 1 unspecified atom stereocenters. The zero-order chi connectivity index (χ0) is 8.69. The van der Waals surface area contributed by atoms with Crippen LogP contribution in [0.4, 0.5) is 0 Å². The summed E-state index contributed by atoms with van der Waals surface area (Å²) in [5.74, 6) is 0.685. The Hall–Kier alpha value is -0.550. The van der Waals surface area contributed by atoms with E-state index in [-0.39, 0.29) is 6.10 Å². The lowest BCUT2D eigenvalue weighted by molar-refractivity contribution is 0.0619. The van der Waals surface area contributed by atoms with Crippen LogP contribution in [0.1, 0.15) is 33.6 Å². The highest BCUT2D eigenvalue weighted by Gasteiger charge is 2.00. The summed E-state index contributed by atoms with van der Waals surface area (Å²) >= 11 is 0. The minimum atomic E-state index is 0.0961. The summed E-state index contributed by atoms with van der Waals surface area (Å²) in [6.45, 7) is 7.04. The lowest BCUT2D eigenvalue weighted by Crippen LogP contribution is -2.09. The second-order valence-electron chi connectivity index (χ2n) is 3.23. The van der Waals surface area contributed by atoms with Crippen LogP contribution in [0.15, 0.2) is 0 Å². The molecule has 0 bridgehead atoms. The Kier molecular flexibility index (Phi) is 5.87. The molecule has 0 heterocycles. The maximum Gasteiger partial charge on any atom is 0.0676 e. The fourth-order valence-electron chi connectivity index (χ4n) is 0.692. The molecular weight excluding hydrogens is 138 g/mol. The molecule has 0 radical (unpaired) electrons. The SMILES string of the molecule is CC(C)CCOC(C)CC#N. The van der Waals surface area contributed by atoms with Gasteiger partial charge in [-0.2, -0.15) is 5.26 Å². The fraction of sp³-hybridized carbons (Fsp3) is 0.889. The third-order valence-corrected chi connectivity index (χ3v) is 1.48. The minimum Gasteiger partial charge on any atom is -0.377 e. The van der Waals surface area contributed by atoms with Crippen molar-refractivity contribution in [2.45, 2.75) is 39.7 Å². The number of nitriles is 1. The Morgan fingerprint density at radius 1 is 1.36 bits per heavy atom. The van der Waals surface area contributed by atoms with Crippen molar-refractivity contribution in [3.8, 4) is 6.07 Å². The summed E-state index contributed by atoms with van der Waals surface area (Å²) in [6, 6.07) is 2.08. The average molecular weight is 155 g/mol. The highest BCUT2D eigenvalue weighted by atomic mass is 16.5. The molecule has 64 valence electrons. The normalized spacial score (nSPS) is 13.0. The molecule has 2 nitrogen and oxygen atoms in total. The van der Waals surface area contributed by atoms with Gasteiger partial charge in [-0.3, -0.25) is 0 Å². The number of hydrogen-bond acceptors (Lipinski definition) is 2. The Balaban J connectivity index is 3.18. The summed E-state index contributed by atoms with van der Waals surface area (Å²) in [6.07, 6.45) is 1.67. The highest BCUT2D eigenvalue weighted by molar-refractivity contribution is 4.73. The molecule has 2 heteroatoms. The van der Waals surface area contributed by atoms with Gasteiger partial charge < -0.3 is 4.74 Å². The molecule has 0 aliphatic rings. The first-order chi connectivity index (χ1) is 5.16. The number of ether oxygens (including phenoxy) is 1. The van der Waals surface area contributed by atoms with E-state index < -0.39 is 0 Å². The van der Waals surface area contributed by atoms with Gasteiger partial charge in [0.15, 0.2) is 0 Å². The molecule has 1 atom stereocenters. The van der Waals surface area contributed by atoms with Gasteiger partial charge in [-0.15, -0.1) is 0 Å². The molecule has 0 amide bonds. The average Bonchev–Trinajstić information content (AvgIpc) is 1.87. The van der Waals surface area contributed by atoms with E-state index >= 15 is 0 Å². The van der Waals surface area contributed by atoms with Crippen LogP contribution in [0.25, 0.3) is 0 Å². The smallest absolute Gasteiger partial charge is 0.0676 e. The van der Waals surface area contributed by atoms with E-state index in [4.69, 9.17) is 10.00 Å². The van der Waals surface area contributed by atoms with Gasteiger partial charge in [0.05, 0.1) is 18.6 Å². The quantitative estimate of drug-likeness (QED) is 0.610. The van der Waals surface area contributed by atoms with Crippen molar-refractivity contribution in [2.75, 3.05) is 6.61 Å². The Labute approximate surface area is 69.2 Å². The van der Waals surface area contributed by atoms with Crippen LogP contribution in [0.3, 0.4) is 0 Å². The van der Waals surface area contributed by atoms with Crippen LogP contribution >= 0.6 is 0 Å². The van der Waals surface area contributed by atoms with E-state index in [1.807, 2.05) is 6.92 Å². The molecule has 0 aliphatic heterocycles. The zero-order valence-corrected chi connectivity index (χ0v) is 7.63. The highest BCUT2D eigenvalue weighted by Crippen LogP contribution is 2.02. The first-order valence-electron chi connectivity index (χ1n) is 4.15. The minimum absolute atomic E-state index is 0.0961. The molecule has 0 aromatic heterocycles. The van der Waals surface area contributed by atoms with Gasteiger partial charge in [0.25, 0.3) is 0 Å². The maximum absolute atomic E-state index is 8.32. The molecule has 0 aliphatic carbocycles. The third-order valence-electron chi connectivity index (χ3n) is 1.48. The van der Waals surface area contributed by atoms with Crippen molar-refractivity contribution in [1.82, 2.24) is 0 Å². The topological polar surface area (TPSA) is 33.0 Å². The molecule has 11 heavy (non-hydrogen) atoms. The fourth-order valence-corrected chi connectivity index (χ4v) is 0.692. The molecular formula is C9H17NO. The van der Waals surface area contributed by atoms with Crippen LogP contribution in [-0.4, -0.2) is 12.7 Å². The first-order valence-corrected chi connectivity index (χ1v) is 4.15. The molecule has 0 aromatic rings. The molecule has 0 saturated heterocycles. The van der Waals surface area contributed by atoms with E-state index in [1.165, 1.54) is 0 Å². The van der Waals surface area contributed by atoms with E-state index in [9.17, 15) is 0 Å². The second kappa shape index (κ2) is 6.18. The number of hydrogen-bond donors (Lipinski definition) is 0. The Bertz CT molecular complexity index is 126. The van der Waals surface area contributed by atoms with Crippen LogP contribution in [0.2, 0.25) is 0 Å². The first kappa shape index (κ1) is 10.4. The molecule has 0 fully saturated rings. The van der Waals surface area contributed by atoms with Gasteiger partial charge in [-0.1, -0.05) is 13.8 Å². The molecule has 0 rings (SSSR count). The Morgan fingerprint density at radius 2 is 2.00 bits per heavy atom. The Morgan fingerprint density at radius 3 is 2.45 bits per heavy atom. The van der Waals surface area contributed by atoms with Crippen molar-refractivity contribution in [3.63, 3.8) is 0 Å². The van der Waals surface area contributed by atoms with Crippen molar-refractivity contribution >= 4 is 0 Å². The second-order valence-corrected chi connectivity index (χ2v) is 3.23. The summed E-state index contributed by atoms with van der Waals surface area (Å²) in [7, 11) is 0. The van der Waals surface area contributed by atoms with E-state index in [0.29, 0.717) is 12.3 Å². The number of nitrogens with zero attached hydrogens (tertiary/aromatic N) is 1. The van der Waals surface area contributed by atoms with E-state index in [0.717, 1.165) is 13.0 Å². The van der Waals surface area contributed by atoms with Crippen LogP contribution in [-0.2, 0) is 4.74 Å². The van der Waals surface area contributed by atoms with E-state index in [2.05, 4.69) is 19.9 Å². The van der Waals surface area contributed by atoms with E-state index in [1.54, 1.807) is 0 Å². The monoisotopic (exact) mass is 155 g/mol. The van der Waals surface area contributed by atoms with Crippen molar-refractivity contribution in [1.29, 1.82) is 5.26 Å². The predicted octanol–water partition coefficient (Wildman–Crippen LogP) is 2.35. The lowest BCUT2D eigenvalue weighted by Gasteiger charge is -2.10. The third kappa shape index (κ3) is 7.35. The number of rotatable bonds is 5. The maximum atomic E-state index is 8.32. The van der Waals surface area contributed by atoms with Gasteiger partial charge in [-0.25, -0.2) is 0 Å². The summed E-state index contributed by atoms with van der Waals surface area (Å²) in [4.78, 5) is 0. The van der Waals surface area contributed by atoms with Crippen LogP contribution in [0.5, 0.6) is 0 Å². The van der Waals surface area contributed by atoms with Gasteiger partial charge in [0, 0.05) is 6.61 Å². The van der Waals surface area contributed by atoms with Crippen molar-refractivity contribution in [2.24, 2.45) is 5.92 Å². The predicted molar refractivity (Wildman–Crippen MR) is 45.1 cm³/mol. The van der Waals surface area contributed by atoms with Crippen molar-refractivity contribution < 1.29 is 4.74 Å².